The van der Waals surface area contributed by atoms with Gasteiger partial charge in [0.2, 0.25) is 0 Å². The molecule has 4 nitrogen and oxygen atoms in total. The molecule has 0 bridgehead atoms. The molecule has 0 amide bonds. The summed E-state index contributed by atoms with van der Waals surface area (Å²) in [6.45, 7) is 1.53. The number of nitrogens with one attached hydrogen (secondary N) is 1. The molecule has 0 radical (unpaired) electrons. The van der Waals surface area contributed by atoms with Crippen molar-refractivity contribution in [3.8, 4) is 0 Å². The van der Waals surface area contributed by atoms with Crippen LogP contribution in [0.4, 0.5) is 5.69 Å². The van der Waals surface area contributed by atoms with Crippen molar-refractivity contribution in [3.63, 3.8) is 0 Å². The smallest absolute Gasteiger partial charge is 0.310 e. The van der Waals surface area contributed by atoms with Gasteiger partial charge in [-0.1, -0.05) is 18.2 Å². The topological polar surface area (TPSA) is 75.4 Å². The fourth-order valence-corrected chi connectivity index (χ4v) is 2.43. The van der Waals surface area contributed by atoms with Crippen molar-refractivity contribution in [2.45, 2.75) is 19.3 Å². The van der Waals surface area contributed by atoms with Crippen molar-refractivity contribution < 1.29 is 9.90 Å². The number of carbonyl (C=O) groups is 1. The summed E-state index contributed by atoms with van der Waals surface area (Å²) >= 11 is 0. The maximum atomic E-state index is 11.5. The molecule has 0 unspecified atom stereocenters. The monoisotopic (exact) mass is 234 g/mol. The highest BCUT2D eigenvalue weighted by molar-refractivity contribution is 5.75. The quantitative estimate of drug-likeness (QED) is 0.688. The Morgan fingerprint density at radius 1 is 1.35 bits per heavy atom. The molecule has 1 saturated heterocycles. The van der Waals surface area contributed by atoms with Crippen LogP contribution in [0.2, 0.25) is 0 Å². The Morgan fingerprint density at radius 3 is 2.59 bits per heavy atom. The van der Waals surface area contributed by atoms with E-state index in [1.54, 1.807) is 0 Å². The van der Waals surface area contributed by atoms with Crippen LogP contribution in [-0.4, -0.2) is 24.2 Å². The first-order chi connectivity index (χ1) is 8.14. The summed E-state index contributed by atoms with van der Waals surface area (Å²) in [5.74, 6) is -0.706. The molecule has 0 saturated carbocycles. The number of carboxylic acid groups (broad SMARTS) is 1. The number of nitrogens with two attached hydrogens (primary N) is 1. The molecule has 1 fully saturated rings. The second-order valence-corrected chi connectivity index (χ2v) is 4.71. The maximum absolute atomic E-state index is 11.5. The van der Waals surface area contributed by atoms with Crippen LogP contribution < -0.4 is 11.1 Å². The zero-order chi connectivity index (χ0) is 12.3. The fourth-order valence-electron chi connectivity index (χ4n) is 2.43. The van der Waals surface area contributed by atoms with Gasteiger partial charge in [0, 0.05) is 5.69 Å². The lowest BCUT2D eigenvalue weighted by Gasteiger charge is -2.34. The van der Waals surface area contributed by atoms with Crippen molar-refractivity contribution in [2.75, 3.05) is 18.8 Å². The van der Waals surface area contributed by atoms with E-state index in [2.05, 4.69) is 5.32 Å². The molecule has 92 valence electrons. The van der Waals surface area contributed by atoms with Gasteiger partial charge in [0.05, 0.1) is 5.41 Å². The lowest BCUT2D eigenvalue weighted by molar-refractivity contribution is -0.150. The number of rotatable bonds is 3. The molecule has 0 aromatic heterocycles. The Balaban J connectivity index is 2.24. The zero-order valence-corrected chi connectivity index (χ0v) is 9.78. The average Bonchev–Trinajstić information content (AvgIpc) is 2.33. The third-order valence-electron chi connectivity index (χ3n) is 3.60. The van der Waals surface area contributed by atoms with Gasteiger partial charge in [-0.05, 0) is 44.0 Å². The van der Waals surface area contributed by atoms with E-state index in [1.165, 1.54) is 0 Å². The highest BCUT2D eigenvalue weighted by Crippen LogP contribution is 2.34. The lowest BCUT2D eigenvalue weighted by Crippen LogP contribution is -2.43. The number of hydrogen-bond donors (Lipinski definition) is 3. The molecule has 0 spiro atoms. The van der Waals surface area contributed by atoms with Crippen molar-refractivity contribution in [2.24, 2.45) is 5.41 Å². The highest BCUT2D eigenvalue weighted by atomic mass is 16.4. The minimum absolute atomic E-state index is 0.524. The minimum Gasteiger partial charge on any atom is -0.481 e. The van der Waals surface area contributed by atoms with Crippen molar-refractivity contribution in [1.82, 2.24) is 5.32 Å². The van der Waals surface area contributed by atoms with E-state index in [0.29, 0.717) is 24.9 Å². The number of nitrogen functional groups attached to an aromatic ring is 1. The molecule has 1 aliphatic rings. The Bertz CT molecular complexity index is 412. The molecule has 0 aliphatic carbocycles. The van der Waals surface area contributed by atoms with Gasteiger partial charge < -0.3 is 16.2 Å². The minimum atomic E-state index is -0.706. The summed E-state index contributed by atoms with van der Waals surface area (Å²) < 4.78 is 0. The predicted molar refractivity (Wildman–Crippen MR) is 66.7 cm³/mol. The molecule has 0 atom stereocenters. The van der Waals surface area contributed by atoms with E-state index in [4.69, 9.17) is 5.73 Å². The molecule has 4 N–H and O–H groups in total. The first-order valence-corrected chi connectivity index (χ1v) is 5.92. The van der Waals surface area contributed by atoms with Crippen molar-refractivity contribution in [3.05, 3.63) is 29.8 Å². The third-order valence-corrected chi connectivity index (χ3v) is 3.60. The second-order valence-electron chi connectivity index (χ2n) is 4.71. The largest absolute Gasteiger partial charge is 0.481 e. The first-order valence-electron chi connectivity index (χ1n) is 5.92. The number of aliphatic carboxylic acids is 1. The van der Waals surface area contributed by atoms with Gasteiger partial charge in [-0.25, -0.2) is 0 Å². The standard InChI is InChI=1S/C13H18N2O2/c14-11-4-2-1-3-10(11)9-13(12(16)17)5-7-15-8-6-13/h1-4,15H,5-9,14H2,(H,16,17). The van der Waals surface area contributed by atoms with Crippen LogP contribution in [0.15, 0.2) is 24.3 Å². The highest BCUT2D eigenvalue weighted by Gasteiger charge is 2.39. The van der Waals surface area contributed by atoms with Gasteiger partial charge in [-0.15, -0.1) is 0 Å². The van der Waals surface area contributed by atoms with Crippen LogP contribution in [0.1, 0.15) is 18.4 Å². The van der Waals surface area contributed by atoms with E-state index in [-0.39, 0.29) is 0 Å². The number of carboxylic acids is 1. The SMILES string of the molecule is Nc1ccccc1CC1(C(=O)O)CCNCC1. The summed E-state index contributed by atoms with van der Waals surface area (Å²) in [5.41, 5.74) is 6.86. The fraction of sp³-hybridized carbons (Fsp3) is 0.462. The van der Waals surface area contributed by atoms with Crippen molar-refractivity contribution in [1.29, 1.82) is 0 Å². The number of anilines is 1. The Kier molecular flexibility index (Phi) is 3.33. The summed E-state index contributed by atoms with van der Waals surface area (Å²) in [6.07, 6.45) is 1.85. The maximum Gasteiger partial charge on any atom is 0.310 e. The lowest BCUT2D eigenvalue weighted by atomic mass is 9.74. The van der Waals surface area contributed by atoms with E-state index in [1.807, 2.05) is 24.3 Å². The summed E-state index contributed by atoms with van der Waals surface area (Å²) in [7, 11) is 0. The Morgan fingerprint density at radius 2 is 2.00 bits per heavy atom. The molecular formula is C13H18N2O2. The van der Waals surface area contributed by atoms with E-state index >= 15 is 0 Å². The van der Waals surface area contributed by atoms with Gasteiger partial charge in [0.1, 0.15) is 0 Å². The van der Waals surface area contributed by atoms with Crippen LogP contribution in [0.3, 0.4) is 0 Å². The molecule has 1 aliphatic heterocycles. The second kappa shape index (κ2) is 4.75. The molecule has 2 rings (SSSR count). The summed E-state index contributed by atoms with van der Waals surface area (Å²) in [6, 6.07) is 7.52. The van der Waals surface area contributed by atoms with Crippen LogP contribution in [0.25, 0.3) is 0 Å². The summed E-state index contributed by atoms with van der Waals surface area (Å²) in [4.78, 5) is 11.5. The van der Waals surface area contributed by atoms with E-state index in [0.717, 1.165) is 18.7 Å². The first kappa shape index (κ1) is 11.9. The van der Waals surface area contributed by atoms with Gasteiger partial charge >= 0.3 is 5.97 Å². The van der Waals surface area contributed by atoms with E-state index < -0.39 is 11.4 Å². The van der Waals surface area contributed by atoms with Gasteiger partial charge in [0.15, 0.2) is 0 Å². The Hall–Kier alpha value is -1.55. The molecule has 1 aromatic carbocycles. The van der Waals surface area contributed by atoms with Crippen LogP contribution in [-0.2, 0) is 11.2 Å². The van der Waals surface area contributed by atoms with Gasteiger partial charge in [0.25, 0.3) is 0 Å². The Labute approximate surface area is 101 Å². The van der Waals surface area contributed by atoms with Crippen molar-refractivity contribution >= 4 is 11.7 Å². The molecule has 17 heavy (non-hydrogen) atoms. The number of benzene rings is 1. The number of hydrogen-bond acceptors (Lipinski definition) is 3. The van der Waals surface area contributed by atoms with Crippen LogP contribution >= 0.6 is 0 Å². The normalized spacial score (nSPS) is 18.8. The number of para-hydroxylation sites is 1. The summed E-state index contributed by atoms with van der Waals surface area (Å²) in [5, 5.41) is 12.7. The molecular weight excluding hydrogens is 216 g/mol. The predicted octanol–water partition coefficient (Wildman–Crippen LogP) is 1.27. The van der Waals surface area contributed by atoms with Gasteiger partial charge in [-0.2, -0.15) is 0 Å². The molecule has 4 heteroatoms. The third kappa shape index (κ3) is 2.42. The van der Waals surface area contributed by atoms with Crippen LogP contribution in [0, 0.1) is 5.41 Å². The van der Waals surface area contributed by atoms with Crippen LogP contribution in [0.5, 0.6) is 0 Å². The molecule has 1 aromatic rings. The zero-order valence-electron chi connectivity index (χ0n) is 9.78. The average molecular weight is 234 g/mol. The molecule has 1 heterocycles. The van der Waals surface area contributed by atoms with E-state index in [9.17, 15) is 9.90 Å². The number of piperidine rings is 1. The van der Waals surface area contributed by atoms with Gasteiger partial charge in [-0.3, -0.25) is 4.79 Å².